The van der Waals surface area contributed by atoms with Crippen LogP contribution in [0.5, 0.6) is 11.5 Å². The fraction of sp³-hybridized carbons (Fsp3) is 0.200. The van der Waals surface area contributed by atoms with Gasteiger partial charge >= 0.3 is 6.09 Å². The number of benzene rings is 1. The van der Waals surface area contributed by atoms with E-state index in [2.05, 4.69) is 14.4 Å². The van der Waals surface area contributed by atoms with Crippen molar-refractivity contribution in [2.45, 2.75) is 19.5 Å². The van der Waals surface area contributed by atoms with Crippen LogP contribution in [-0.4, -0.2) is 39.3 Å². The Morgan fingerprint density at radius 3 is 2.88 bits per heavy atom. The summed E-state index contributed by atoms with van der Waals surface area (Å²) in [7, 11) is 1.42. The lowest BCUT2D eigenvalue weighted by Crippen LogP contribution is -2.39. The first-order chi connectivity index (χ1) is 15.7. The molecule has 1 aliphatic rings. The molecule has 1 amide bonds. The molecule has 33 heavy (non-hydrogen) atoms. The number of amides is 1. The number of anilines is 1. The highest BCUT2D eigenvalue weighted by molar-refractivity contribution is 7.84. The van der Waals surface area contributed by atoms with Crippen LogP contribution in [0.3, 0.4) is 0 Å². The predicted octanol–water partition coefficient (Wildman–Crippen LogP) is 3.21. The Morgan fingerprint density at radius 1 is 1.42 bits per heavy atom. The first kappa shape index (κ1) is 23.9. The highest BCUT2D eigenvalue weighted by Crippen LogP contribution is 2.39. The molecule has 0 fully saturated rings. The van der Waals surface area contributed by atoms with Crippen LogP contribution in [0.1, 0.15) is 24.1 Å². The van der Waals surface area contributed by atoms with Crippen molar-refractivity contribution >= 4 is 35.2 Å². The number of halogens is 2. The zero-order valence-corrected chi connectivity index (χ0v) is 18.3. The molecule has 10 nitrogen and oxygen atoms in total. The van der Waals surface area contributed by atoms with Gasteiger partial charge in [-0.2, -0.15) is 0 Å². The minimum Gasteiger partial charge on any atom is -0.436 e. The molecule has 1 aromatic carbocycles. The van der Waals surface area contributed by atoms with Gasteiger partial charge in [-0.1, -0.05) is 0 Å². The van der Waals surface area contributed by atoms with Gasteiger partial charge in [-0.3, -0.25) is 15.0 Å². The third-order valence-corrected chi connectivity index (χ3v) is 5.41. The number of carbonyl (C=O) groups is 1. The van der Waals surface area contributed by atoms with E-state index < -0.39 is 40.8 Å². The Balaban J connectivity index is 1.85. The first-order valence-corrected chi connectivity index (χ1v) is 10.6. The number of nitrogens with zero attached hydrogens (tertiary/aromatic N) is 2. The summed E-state index contributed by atoms with van der Waals surface area (Å²) in [5.41, 5.74) is 0.407. The van der Waals surface area contributed by atoms with E-state index in [1.54, 1.807) is 6.92 Å². The molecule has 174 valence electrons. The molecule has 1 aromatic heterocycles. The van der Waals surface area contributed by atoms with E-state index in [0.717, 1.165) is 24.4 Å². The van der Waals surface area contributed by atoms with Gasteiger partial charge < -0.3 is 14.9 Å². The number of carbonyl (C=O) groups excluding carboxylic acids is 1. The van der Waals surface area contributed by atoms with Crippen molar-refractivity contribution in [3.05, 3.63) is 59.3 Å². The third-order valence-electron chi connectivity index (χ3n) is 4.66. The summed E-state index contributed by atoms with van der Waals surface area (Å²) < 4.78 is 56.1. The molecule has 0 radical (unpaired) electrons. The van der Waals surface area contributed by atoms with E-state index in [4.69, 9.17) is 20.3 Å². The van der Waals surface area contributed by atoms with Gasteiger partial charge in [0.25, 0.3) is 0 Å². The Hall–Kier alpha value is -3.71. The number of hydrogen-bond acceptors (Lipinski definition) is 7. The van der Waals surface area contributed by atoms with Crippen LogP contribution in [0.15, 0.2) is 36.5 Å². The number of rotatable bonds is 8. The van der Waals surface area contributed by atoms with Crippen molar-refractivity contribution in [1.29, 1.82) is 10.8 Å². The number of fused-ring (bicyclic) bond motifs is 1. The number of ether oxygens (including phenoxy) is 2. The molecule has 0 spiro atoms. The summed E-state index contributed by atoms with van der Waals surface area (Å²) in [5.74, 6) is -2.53. The van der Waals surface area contributed by atoms with E-state index in [9.17, 15) is 17.8 Å². The number of hydrogen-bond donors (Lipinski definition) is 4. The second kappa shape index (κ2) is 10.3. The highest BCUT2D eigenvalue weighted by atomic mass is 32.2. The zero-order chi connectivity index (χ0) is 24.1. The van der Waals surface area contributed by atoms with Gasteiger partial charge in [0.2, 0.25) is 5.90 Å². The molecule has 2 aromatic rings. The molecular formula is C20H20F2N6O4S. The molecule has 3 rings (SSSR count). The maximum atomic E-state index is 14.8. The maximum Gasteiger partial charge on any atom is 0.416 e. The Kier molecular flexibility index (Phi) is 7.45. The summed E-state index contributed by atoms with van der Waals surface area (Å²) in [5, 5.41) is 14.5. The van der Waals surface area contributed by atoms with Gasteiger partial charge in [0.15, 0.2) is 34.4 Å². The predicted molar refractivity (Wildman–Crippen MR) is 118 cm³/mol. The topological polar surface area (TPSA) is 140 Å². The van der Waals surface area contributed by atoms with Crippen LogP contribution in [0.2, 0.25) is 0 Å². The molecule has 2 atom stereocenters. The zero-order valence-electron chi connectivity index (χ0n) is 17.5. The number of allylic oxidation sites excluding steroid dienone is 1. The Morgan fingerprint density at radius 2 is 2.18 bits per heavy atom. The van der Waals surface area contributed by atoms with E-state index >= 15 is 0 Å². The lowest BCUT2D eigenvalue weighted by Gasteiger charge is -2.34. The summed E-state index contributed by atoms with van der Waals surface area (Å²) in [6, 6.07) is 2.96. The van der Waals surface area contributed by atoms with Crippen LogP contribution >= 0.6 is 0 Å². The average molecular weight is 478 g/mol. The number of aromatic nitrogens is 1. The quantitative estimate of drug-likeness (QED) is 0.341. The summed E-state index contributed by atoms with van der Waals surface area (Å²) in [6.07, 6.45) is 3.82. The Bertz CT molecular complexity index is 1160. The second-order valence-corrected chi connectivity index (χ2v) is 7.84. The van der Waals surface area contributed by atoms with Crippen molar-refractivity contribution < 1.29 is 27.3 Å². The SMILES string of the molecule is CNS(=O)Nc1nccc(CN2C(=O)Oc3cc(OC(=N)/C=C\C=N)c(F)cc3C2C)c1F. The van der Waals surface area contributed by atoms with Crippen molar-refractivity contribution in [1.82, 2.24) is 14.6 Å². The van der Waals surface area contributed by atoms with Crippen molar-refractivity contribution in [2.75, 3.05) is 11.8 Å². The second-order valence-electron chi connectivity index (χ2n) is 6.69. The van der Waals surface area contributed by atoms with Crippen LogP contribution < -0.4 is 18.9 Å². The lowest BCUT2D eigenvalue weighted by atomic mass is 10.0. The van der Waals surface area contributed by atoms with Gasteiger partial charge in [-0.15, -0.1) is 0 Å². The maximum absolute atomic E-state index is 14.8. The summed E-state index contributed by atoms with van der Waals surface area (Å²) >= 11 is -1.75. The Labute approximate surface area is 190 Å². The monoisotopic (exact) mass is 478 g/mol. The van der Waals surface area contributed by atoms with Crippen molar-refractivity contribution in [3.63, 3.8) is 0 Å². The molecule has 13 heteroatoms. The molecule has 2 unspecified atom stereocenters. The highest BCUT2D eigenvalue weighted by Gasteiger charge is 2.34. The van der Waals surface area contributed by atoms with Crippen molar-refractivity contribution in [3.8, 4) is 11.5 Å². The molecule has 4 N–H and O–H groups in total. The third kappa shape index (κ3) is 5.38. The van der Waals surface area contributed by atoms with Crippen LogP contribution in [-0.2, 0) is 17.7 Å². The van der Waals surface area contributed by atoms with E-state index in [0.29, 0.717) is 5.56 Å². The summed E-state index contributed by atoms with van der Waals surface area (Å²) in [6.45, 7) is 1.41. The minimum atomic E-state index is -1.75. The van der Waals surface area contributed by atoms with Gasteiger partial charge in [0.05, 0.1) is 12.6 Å². The molecular weight excluding hydrogens is 458 g/mol. The molecule has 0 aliphatic carbocycles. The van der Waals surface area contributed by atoms with Gasteiger partial charge in [0, 0.05) is 35.7 Å². The molecule has 2 heterocycles. The normalized spacial score (nSPS) is 16.2. The number of nitrogens with one attached hydrogen (secondary N) is 4. The molecule has 1 aliphatic heterocycles. The number of pyridine rings is 1. The molecule has 0 saturated carbocycles. The fourth-order valence-electron chi connectivity index (χ4n) is 3.01. The van der Waals surface area contributed by atoms with Crippen LogP contribution in [0, 0.1) is 22.5 Å². The smallest absolute Gasteiger partial charge is 0.416 e. The van der Waals surface area contributed by atoms with Crippen LogP contribution in [0.25, 0.3) is 0 Å². The largest absolute Gasteiger partial charge is 0.436 e. The van der Waals surface area contributed by atoms with Crippen molar-refractivity contribution in [2.24, 2.45) is 0 Å². The van der Waals surface area contributed by atoms with Gasteiger partial charge in [-0.05, 0) is 32.2 Å². The van der Waals surface area contributed by atoms with E-state index in [1.807, 2.05) is 0 Å². The minimum absolute atomic E-state index is 0.0472. The first-order valence-electron chi connectivity index (χ1n) is 9.49. The molecule has 0 bridgehead atoms. The average Bonchev–Trinajstić information content (AvgIpc) is 2.78. The fourth-order valence-corrected chi connectivity index (χ4v) is 3.43. The van der Waals surface area contributed by atoms with E-state index in [-0.39, 0.29) is 29.4 Å². The van der Waals surface area contributed by atoms with Crippen LogP contribution in [0.4, 0.5) is 19.4 Å². The molecule has 0 saturated heterocycles. The van der Waals surface area contributed by atoms with E-state index in [1.165, 1.54) is 30.3 Å². The standard InChI is InChI=1S/C20H20F2N6O4S/c1-11-13-8-14(21)16(31-17(24)4-3-6-23)9-15(13)32-20(29)28(11)10-12-5-7-26-19(18(12)22)27-33(30)25-2/h3-9,11,23-25H,10H2,1-2H3,(H,26,27)/b4-3-,23-6?,24-17?. The van der Waals surface area contributed by atoms with Gasteiger partial charge in [-0.25, -0.2) is 27.5 Å². The van der Waals surface area contributed by atoms with Gasteiger partial charge in [0.1, 0.15) is 5.75 Å². The summed E-state index contributed by atoms with van der Waals surface area (Å²) in [4.78, 5) is 17.6. The lowest BCUT2D eigenvalue weighted by molar-refractivity contribution is 0.116.